The molecule has 104 valence electrons. The second kappa shape index (κ2) is 4.33. The fourth-order valence-electron chi connectivity index (χ4n) is 2.63. The summed E-state index contributed by atoms with van der Waals surface area (Å²) in [5, 5.41) is 12.1. The van der Waals surface area contributed by atoms with E-state index in [-0.39, 0.29) is 23.8 Å². The van der Waals surface area contributed by atoms with Crippen LogP contribution in [0.2, 0.25) is 0 Å². The zero-order valence-corrected chi connectivity index (χ0v) is 10.9. The van der Waals surface area contributed by atoms with Crippen molar-refractivity contribution in [3.05, 3.63) is 29.3 Å². The molecule has 6 nitrogen and oxygen atoms in total. The summed E-state index contributed by atoms with van der Waals surface area (Å²) in [4.78, 5) is 35.7. The Morgan fingerprint density at radius 3 is 2.55 bits per heavy atom. The molecule has 3 rings (SSSR count). The number of amides is 2. The van der Waals surface area contributed by atoms with E-state index in [2.05, 4.69) is 5.32 Å². The van der Waals surface area contributed by atoms with E-state index in [1.807, 2.05) is 0 Å². The second-order valence-electron chi connectivity index (χ2n) is 5.20. The Hall–Kier alpha value is -2.37. The Labute approximate surface area is 115 Å². The van der Waals surface area contributed by atoms with Gasteiger partial charge in [-0.15, -0.1) is 0 Å². The summed E-state index contributed by atoms with van der Waals surface area (Å²) in [6.45, 7) is 0. The van der Waals surface area contributed by atoms with Crippen molar-refractivity contribution in [3.8, 4) is 0 Å². The fourth-order valence-corrected chi connectivity index (χ4v) is 2.63. The molecule has 1 saturated carbocycles. The Kier molecular flexibility index (Phi) is 2.74. The van der Waals surface area contributed by atoms with Gasteiger partial charge >= 0.3 is 5.97 Å². The number of fused-ring (bicyclic) bond motifs is 1. The number of carboxylic acids is 1. The largest absolute Gasteiger partial charge is 0.481 e. The molecule has 1 fully saturated rings. The smallest absolute Gasteiger partial charge is 0.308 e. The highest BCUT2D eigenvalue weighted by atomic mass is 16.4. The summed E-state index contributed by atoms with van der Waals surface area (Å²) in [5.41, 5.74) is 1.44. The number of nitrogens with one attached hydrogen (secondary N) is 1. The first-order valence-electron chi connectivity index (χ1n) is 6.45. The van der Waals surface area contributed by atoms with E-state index in [0.29, 0.717) is 23.2 Å². The third kappa shape index (κ3) is 1.76. The van der Waals surface area contributed by atoms with E-state index in [0.717, 1.165) is 11.3 Å². The molecule has 0 aromatic heterocycles. The minimum atomic E-state index is -0.805. The van der Waals surface area contributed by atoms with Crippen molar-refractivity contribution in [1.29, 1.82) is 0 Å². The van der Waals surface area contributed by atoms with E-state index in [1.165, 1.54) is 7.05 Å². The molecular weight excluding hydrogens is 260 g/mol. The molecule has 2 unspecified atom stereocenters. The number of anilines is 1. The zero-order valence-electron chi connectivity index (χ0n) is 10.9. The van der Waals surface area contributed by atoms with Crippen molar-refractivity contribution in [2.75, 3.05) is 12.4 Å². The molecule has 1 heterocycles. The highest BCUT2D eigenvalue weighted by Gasteiger charge is 2.37. The van der Waals surface area contributed by atoms with Crippen molar-refractivity contribution >= 4 is 23.5 Å². The van der Waals surface area contributed by atoms with Gasteiger partial charge in [-0.1, -0.05) is 0 Å². The number of carbonyl (C=O) groups excluding carboxylic acids is 2. The Balaban J connectivity index is 1.82. The number of carboxylic acid groups (broad SMARTS) is 1. The molecule has 1 aromatic rings. The fraction of sp³-hybridized carbons (Fsp3) is 0.357. The maximum absolute atomic E-state index is 11.9. The monoisotopic (exact) mass is 274 g/mol. The first-order chi connectivity index (χ1) is 9.49. The number of rotatable bonds is 3. The van der Waals surface area contributed by atoms with Crippen LogP contribution in [-0.2, 0) is 4.79 Å². The number of carbonyl (C=O) groups is 3. The van der Waals surface area contributed by atoms with Gasteiger partial charge in [-0.2, -0.15) is 0 Å². The lowest BCUT2D eigenvalue weighted by Gasteiger charge is -2.34. The normalized spacial score (nSPS) is 24.4. The van der Waals surface area contributed by atoms with E-state index in [1.54, 1.807) is 18.2 Å². The molecule has 2 amide bonds. The van der Waals surface area contributed by atoms with Crippen LogP contribution >= 0.6 is 0 Å². The van der Waals surface area contributed by atoms with Crippen molar-refractivity contribution in [1.82, 2.24) is 4.90 Å². The van der Waals surface area contributed by atoms with Crippen LogP contribution in [0.25, 0.3) is 0 Å². The zero-order chi connectivity index (χ0) is 14.4. The molecule has 2 atom stereocenters. The summed E-state index contributed by atoms with van der Waals surface area (Å²) in [5.74, 6) is -1.81. The summed E-state index contributed by atoms with van der Waals surface area (Å²) in [6, 6.07) is 4.82. The third-order valence-electron chi connectivity index (χ3n) is 4.03. The summed E-state index contributed by atoms with van der Waals surface area (Å²) in [6.07, 6.45) is 1.46. The van der Waals surface area contributed by atoms with Crippen LogP contribution in [0, 0.1) is 5.92 Å². The Morgan fingerprint density at radius 2 is 1.95 bits per heavy atom. The third-order valence-corrected chi connectivity index (χ3v) is 4.03. The van der Waals surface area contributed by atoms with E-state index < -0.39 is 5.97 Å². The van der Waals surface area contributed by atoms with Crippen LogP contribution < -0.4 is 5.32 Å². The first kappa shape index (κ1) is 12.7. The predicted molar refractivity (Wildman–Crippen MR) is 70.6 cm³/mol. The highest BCUT2D eigenvalue weighted by molar-refractivity contribution is 6.21. The van der Waals surface area contributed by atoms with Crippen molar-refractivity contribution in [3.63, 3.8) is 0 Å². The summed E-state index contributed by atoms with van der Waals surface area (Å²) < 4.78 is 0. The van der Waals surface area contributed by atoms with Gasteiger partial charge in [0.25, 0.3) is 11.8 Å². The van der Waals surface area contributed by atoms with Gasteiger partial charge in [0, 0.05) is 18.8 Å². The Bertz CT molecular complexity index is 626. The molecule has 2 aliphatic rings. The van der Waals surface area contributed by atoms with E-state index >= 15 is 0 Å². The van der Waals surface area contributed by atoms with E-state index in [4.69, 9.17) is 5.11 Å². The van der Waals surface area contributed by atoms with Gasteiger partial charge in [-0.25, -0.2) is 0 Å². The maximum atomic E-state index is 11.9. The molecular formula is C14H14N2O4. The molecule has 1 aliphatic heterocycles. The lowest BCUT2D eigenvalue weighted by molar-refractivity contribution is -0.144. The lowest BCUT2D eigenvalue weighted by atomic mass is 9.79. The SMILES string of the molecule is CN1C(=O)c2ccc(NC3CCC3C(=O)O)cc2C1=O. The van der Waals surface area contributed by atoms with Crippen LogP contribution in [0.4, 0.5) is 5.69 Å². The molecule has 0 radical (unpaired) electrons. The lowest BCUT2D eigenvalue weighted by Crippen LogP contribution is -2.43. The van der Waals surface area contributed by atoms with Gasteiger partial charge in [-0.05, 0) is 31.0 Å². The number of nitrogens with zero attached hydrogens (tertiary/aromatic N) is 1. The van der Waals surface area contributed by atoms with Gasteiger partial charge in [0.2, 0.25) is 0 Å². The topological polar surface area (TPSA) is 86.7 Å². The van der Waals surface area contributed by atoms with Crippen LogP contribution in [0.3, 0.4) is 0 Å². The summed E-state index contributed by atoms with van der Waals surface area (Å²) in [7, 11) is 1.45. The van der Waals surface area contributed by atoms with Crippen molar-refractivity contribution in [2.24, 2.45) is 5.92 Å². The average Bonchev–Trinajstić information content (AvgIpc) is 2.59. The van der Waals surface area contributed by atoms with Crippen LogP contribution in [0.5, 0.6) is 0 Å². The molecule has 2 N–H and O–H groups in total. The number of hydrogen-bond donors (Lipinski definition) is 2. The predicted octanol–water partition coefficient (Wildman–Crippen LogP) is 1.19. The molecule has 1 aliphatic carbocycles. The van der Waals surface area contributed by atoms with Crippen LogP contribution in [-0.4, -0.2) is 40.9 Å². The quantitative estimate of drug-likeness (QED) is 0.808. The van der Waals surface area contributed by atoms with Crippen LogP contribution in [0.15, 0.2) is 18.2 Å². The van der Waals surface area contributed by atoms with Gasteiger partial charge < -0.3 is 10.4 Å². The van der Waals surface area contributed by atoms with Crippen molar-refractivity contribution in [2.45, 2.75) is 18.9 Å². The number of aliphatic carboxylic acids is 1. The molecule has 0 bridgehead atoms. The molecule has 1 aromatic carbocycles. The maximum Gasteiger partial charge on any atom is 0.308 e. The van der Waals surface area contributed by atoms with E-state index in [9.17, 15) is 14.4 Å². The second-order valence-corrected chi connectivity index (χ2v) is 5.20. The molecule has 6 heteroatoms. The van der Waals surface area contributed by atoms with Gasteiger partial charge in [0.05, 0.1) is 17.0 Å². The standard InChI is InChI=1S/C14H14N2O4/c1-16-12(17)8-3-2-7(6-10(8)13(16)18)15-11-5-4-9(11)14(19)20/h2-3,6,9,11,15H,4-5H2,1H3,(H,19,20). The molecule has 0 saturated heterocycles. The molecule has 0 spiro atoms. The van der Waals surface area contributed by atoms with Gasteiger partial charge in [-0.3, -0.25) is 19.3 Å². The number of imide groups is 1. The van der Waals surface area contributed by atoms with Gasteiger partial charge in [0.15, 0.2) is 0 Å². The Morgan fingerprint density at radius 1 is 1.25 bits per heavy atom. The highest BCUT2D eigenvalue weighted by Crippen LogP contribution is 2.32. The average molecular weight is 274 g/mol. The minimum absolute atomic E-state index is 0.115. The number of hydrogen-bond acceptors (Lipinski definition) is 4. The van der Waals surface area contributed by atoms with Gasteiger partial charge in [0.1, 0.15) is 0 Å². The molecule has 20 heavy (non-hydrogen) atoms. The minimum Gasteiger partial charge on any atom is -0.481 e. The number of benzene rings is 1. The summed E-state index contributed by atoms with van der Waals surface area (Å²) >= 11 is 0. The van der Waals surface area contributed by atoms with Crippen LogP contribution in [0.1, 0.15) is 33.6 Å². The van der Waals surface area contributed by atoms with Crippen molar-refractivity contribution < 1.29 is 19.5 Å². The first-order valence-corrected chi connectivity index (χ1v) is 6.45.